The van der Waals surface area contributed by atoms with E-state index in [-0.39, 0.29) is 17.9 Å². The Morgan fingerprint density at radius 2 is 1.84 bits per heavy atom. The molecule has 2 amide bonds. The average Bonchev–Trinajstić information content (AvgIpc) is 3.21. The van der Waals surface area contributed by atoms with E-state index in [4.69, 9.17) is 4.74 Å². The predicted octanol–water partition coefficient (Wildman–Crippen LogP) is 3.95. The Morgan fingerprint density at radius 1 is 1.13 bits per heavy atom. The van der Waals surface area contributed by atoms with Gasteiger partial charge in [-0.15, -0.1) is 0 Å². The monoisotopic (exact) mass is 429 g/mol. The number of carbonyl (C=O) groups excluding carboxylic acids is 2. The van der Waals surface area contributed by atoms with Gasteiger partial charge in [0.1, 0.15) is 11.6 Å². The Labute approximate surface area is 187 Å². The zero-order valence-corrected chi connectivity index (χ0v) is 19.7. The number of alkyl carbamates (subject to hydrolysis) is 1. The zero-order valence-electron chi connectivity index (χ0n) is 19.7. The summed E-state index contributed by atoms with van der Waals surface area (Å²) < 4.78 is 5.37. The largest absolute Gasteiger partial charge is 0.444 e. The third-order valence-corrected chi connectivity index (χ3v) is 6.22. The Kier molecular flexibility index (Phi) is 7.63. The van der Waals surface area contributed by atoms with Gasteiger partial charge in [0.05, 0.1) is 0 Å². The molecule has 6 heteroatoms. The van der Waals surface area contributed by atoms with Crippen LogP contribution < -0.4 is 10.6 Å². The highest BCUT2D eigenvalue weighted by Gasteiger charge is 2.43. The molecule has 0 bridgehead atoms. The topological polar surface area (TPSA) is 70.7 Å². The molecule has 3 rings (SSSR count). The van der Waals surface area contributed by atoms with Crippen molar-refractivity contribution in [3.05, 3.63) is 35.9 Å². The molecule has 1 heterocycles. The number of fused-ring (bicyclic) bond motifs is 1. The van der Waals surface area contributed by atoms with Gasteiger partial charge in [-0.25, -0.2) is 4.79 Å². The first-order chi connectivity index (χ1) is 14.6. The van der Waals surface area contributed by atoms with Crippen LogP contribution in [0.15, 0.2) is 30.3 Å². The van der Waals surface area contributed by atoms with Gasteiger partial charge in [0.2, 0.25) is 5.91 Å². The first-order valence-electron chi connectivity index (χ1n) is 11.7. The lowest BCUT2D eigenvalue weighted by Gasteiger charge is -2.27. The van der Waals surface area contributed by atoms with Crippen molar-refractivity contribution in [2.45, 2.75) is 78.1 Å². The van der Waals surface area contributed by atoms with Crippen LogP contribution in [-0.2, 0) is 16.1 Å². The van der Waals surface area contributed by atoms with Crippen LogP contribution in [0.3, 0.4) is 0 Å². The maximum Gasteiger partial charge on any atom is 0.408 e. The Balaban J connectivity index is 1.56. The molecule has 6 nitrogen and oxygen atoms in total. The van der Waals surface area contributed by atoms with Crippen molar-refractivity contribution in [1.82, 2.24) is 15.5 Å². The van der Waals surface area contributed by atoms with E-state index in [1.165, 1.54) is 5.56 Å². The highest BCUT2D eigenvalue weighted by atomic mass is 16.6. The van der Waals surface area contributed by atoms with Crippen molar-refractivity contribution in [1.29, 1.82) is 0 Å². The summed E-state index contributed by atoms with van der Waals surface area (Å²) in [4.78, 5) is 27.9. The molecule has 2 aliphatic rings. The molecule has 1 aromatic carbocycles. The number of nitrogens with one attached hydrogen (secondary N) is 2. The zero-order chi connectivity index (χ0) is 22.6. The van der Waals surface area contributed by atoms with Gasteiger partial charge >= 0.3 is 6.09 Å². The van der Waals surface area contributed by atoms with Crippen LogP contribution in [0, 0.1) is 17.8 Å². The van der Waals surface area contributed by atoms with E-state index >= 15 is 0 Å². The Hall–Kier alpha value is -2.08. The molecule has 2 fully saturated rings. The van der Waals surface area contributed by atoms with Gasteiger partial charge in [-0.3, -0.25) is 9.69 Å². The van der Waals surface area contributed by atoms with E-state index < -0.39 is 17.7 Å². The molecule has 2 N–H and O–H groups in total. The summed E-state index contributed by atoms with van der Waals surface area (Å²) in [7, 11) is 0. The molecule has 4 atom stereocenters. The summed E-state index contributed by atoms with van der Waals surface area (Å²) in [5, 5.41) is 6.07. The van der Waals surface area contributed by atoms with Crippen LogP contribution in [0.5, 0.6) is 0 Å². The molecular weight excluding hydrogens is 390 g/mol. The Bertz CT molecular complexity index is 744. The van der Waals surface area contributed by atoms with Crippen LogP contribution in [0.1, 0.15) is 59.4 Å². The fourth-order valence-electron chi connectivity index (χ4n) is 4.94. The fourth-order valence-corrected chi connectivity index (χ4v) is 4.94. The molecule has 1 aliphatic carbocycles. The number of hydrogen-bond acceptors (Lipinski definition) is 4. The second-order valence-electron chi connectivity index (χ2n) is 10.6. The standard InChI is InChI=1S/C25H39N3O3/c1-17(2)13-22(27-24(30)31-25(3,4)5)23(29)26-21-12-11-19-15-28(16-20(19)21)14-18-9-7-6-8-10-18/h6-10,17,19-22H,11-16H2,1-5H3,(H,26,29)(H,27,30)/t19-,20+,21+,22+/m1/s1. The number of rotatable bonds is 7. The number of hydrogen-bond donors (Lipinski definition) is 2. The van der Waals surface area contributed by atoms with E-state index in [1.54, 1.807) is 0 Å². The van der Waals surface area contributed by atoms with E-state index in [0.717, 1.165) is 32.5 Å². The first-order valence-corrected chi connectivity index (χ1v) is 11.7. The number of amides is 2. The van der Waals surface area contributed by atoms with Crippen molar-refractivity contribution >= 4 is 12.0 Å². The average molecular weight is 430 g/mol. The van der Waals surface area contributed by atoms with Gasteiger partial charge < -0.3 is 15.4 Å². The smallest absolute Gasteiger partial charge is 0.408 e. The molecule has 0 aromatic heterocycles. The SMILES string of the molecule is CC(C)C[C@H](NC(=O)OC(C)(C)C)C(=O)N[C@H]1CC[C@@H]2CN(Cc3ccccc3)C[C@@H]21. The third kappa shape index (κ3) is 6.96. The van der Waals surface area contributed by atoms with E-state index in [0.29, 0.717) is 18.3 Å². The molecule has 1 aliphatic heterocycles. The van der Waals surface area contributed by atoms with Crippen LogP contribution in [0.4, 0.5) is 4.79 Å². The molecule has 0 spiro atoms. The number of nitrogens with zero attached hydrogens (tertiary/aromatic N) is 1. The summed E-state index contributed by atoms with van der Waals surface area (Å²) in [6.45, 7) is 12.7. The van der Waals surface area contributed by atoms with Crippen LogP contribution in [-0.4, -0.2) is 47.7 Å². The van der Waals surface area contributed by atoms with Crippen LogP contribution in [0.25, 0.3) is 0 Å². The summed E-state index contributed by atoms with van der Waals surface area (Å²) in [6.07, 6.45) is 2.22. The maximum absolute atomic E-state index is 13.1. The lowest BCUT2D eigenvalue weighted by Crippen LogP contribution is -2.52. The van der Waals surface area contributed by atoms with Gasteiger partial charge in [-0.05, 0) is 63.4 Å². The van der Waals surface area contributed by atoms with Gasteiger partial charge in [0.25, 0.3) is 0 Å². The summed E-state index contributed by atoms with van der Waals surface area (Å²) in [6, 6.07) is 10.2. The summed E-state index contributed by atoms with van der Waals surface area (Å²) in [5.74, 6) is 1.31. The summed E-state index contributed by atoms with van der Waals surface area (Å²) >= 11 is 0. The van der Waals surface area contributed by atoms with Gasteiger partial charge in [-0.2, -0.15) is 0 Å². The molecule has 0 unspecified atom stereocenters. The van der Waals surface area contributed by atoms with E-state index in [9.17, 15) is 9.59 Å². The molecule has 31 heavy (non-hydrogen) atoms. The number of carbonyl (C=O) groups is 2. The minimum absolute atomic E-state index is 0.0910. The van der Waals surface area contributed by atoms with Crippen LogP contribution in [0.2, 0.25) is 0 Å². The minimum atomic E-state index is -0.590. The number of likely N-dealkylation sites (tertiary alicyclic amines) is 1. The quantitative estimate of drug-likeness (QED) is 0.688. The van der Waals surface area contributed by atoms with E-state index in [2.05, 4.69) is 53.6 Å². The fraction of sp³-hybridized carbons (Fsp3) is 0.680. The van der Waals surface area contributed by atoms with Gasteiger partial charge in [0.15, 0.2) is 0 Å². The van der Waals surface area contributed by atoms with Crippen molar-refractivity contribution in [3.63, 3.8) is 0 Å². The lowest BCUT2D eigenvalue weighted by atomic mass is 9.97. The molecule has 0 radical (unpaired) electrons. The Morgan fingerprint density at radius 3 is 2.48 bits per heavy atom. The molecule has 1 saturated heterocycles. The highest BCUT2D eigenvalue weighted by molar-refractivity contribution is 5.86. The number of benzene rings is 1. The van der Waals surface area contributed by atoms with E-state index in [1.807, 2.05) is 26.8 Å². The van der Waals surface area contributed by atoms with Crippen LogP contribution >= 0.6 is 0 Å². The van der Waals surface area contributed by atoms with Crippen molar-refractivity contribution in [2.75, 3.05) is 13.1 Å². The van der Waals surface area contributed by atoms with Crippen molar-refractivity contribution < 1.29 is 14.3 Å². The predicted molar refractivity (Wildman–Crippen MR) is 122 cm³/mol. The maximum atomic E-state index is 13.1. The van der Waals surface area contributed by atoms with Crippen molar-refractivity contribution in [2.24, 2.45) is 17.8 Å². The normalized spacial score (nSPS) is 24.6. The van der Waals surface area contributed by atoms with Gasteiger partial charge in [-0.1, -0.05) is 44.2 Å². The number of ether oxygens (including phenoxy) is 1. The molecular formula is C25H39N3O3. The molecule has 1 aromatic rings. The summed E-state index contributed by atoms with van der Waals surface area (Å²) in [5.41, 5.74) is 0.745. The van der Waals surface area contributed by atoms with Gasteiger partial charge in [0, 0.05) is 25.7 Å². The molecule has 172 valence electrons. The second kappa shape index (κ2) is 10.0. The highest BCUT2D eigenvalue weighted by Crippen LogP contribution is 2.38. The lowest BCUT2D eigenvalue weighted by molar-refractivity contribution is -0.124. The molecule has 1 saturated carbocycles. The first kappa shape index (κ1) is 23.6. The third-order valence-electron chi connectivity index (χ3n) is 6.22. The van der Waals surface area contributed by atoms with Crippen molar-refractivity contribution in [3.8, 4) is 0 Å². The minimum Gasteiger partial charge on any atom is -0.444 e. The second-order valence-corrected chi connectivity index (χ2v) is 10.6.